The summed E-state index contributed by atoms with van der Waals surface area (Å²) in [6.45, 7) is 4.66. The van der Waals surface area contributed by atoms with Gasteiger partial charge in [0.1, 0.15) is 5.82 Å². The fourth-order valence-corrected chi connectivity index (χ4v) is 2.98. The first-order valence-electron chi connectivity index (χ1n) is 8.38. The molecule has 1 N–H and O–H groups in total. The Morgan fingerprint density at radius 3 is 2.65 bits per heavy atom. The highest BCUT2D eigenvalue weighted by atomic mass is 19.1. The van der Waals surface area contributed by atoms with E-state index in [-0.39, 0.29) is 17.3 Å². The molecule has 1 atom stereocenters. The quantitative estimate of drug-likeness (QED) is 0.614. The summed E-state index contributed by atoms with van der Waals surface area (Å²) in [5, 5.41) is 7.31. The predicted molar refractivity (Wildman–Crippen MR) is 96.6 cm³/mol. The SMILES string of the molecule is Cc1ccnn1C[C@@H](C)c1cc(=O)n2[nH]c(-c3ccc(F)cc3)cc2n1. The lowest BCUT2D eigenvalue weighted by Crippen LogP contribution is -2.18. The van der Waals surface area contributed by atoms with Crippen LogP contribution in [0.1, 0.15) is 24.2 Å². The Balaban J connectivity index is 1.70. The van der Waals surface area contributed by atoms with Crippen LogP contribution in [0.15, 0.2) is 53.5 Å². The second kappa shape index (κ2) is 6.25. The van der Waals surface area contributed by atoms with Crippen LogP contribution in [-0.4, -0.2) is 24.4 Å². The number of aromatic nitrogens is 5. The Labute approximate surface area is 148 Å². The maximum absolute atomic E-state index is 13.1. The minimum absolute atomic E-state index is 0.0375. The van der Waals surface area contributed by atoms with E-state index in [9.17, 15) is 9.18 Å². The third-order valence-corrected chi connectivity index (χ3v) is 4.51. The van der Waals surface area contributed by atoms with Crippen LogP contribution >= 0.6 is 0 Å². The first-order valence-corrected chi connectivity index (χ1v) is 8.38. The maximum Gasteiger partial charge on any atom is 0.272 e. The second-order valence-electron chi connectivity index (χ2n) is 6.45. The first-order chi connectivity index (χ1) is 12.5. The van der Waals surface area contributed by atoms with Gasteiger partial charge in [-0.3, -0.25) is 14.6 Å². The molecule has 0 radical (unpaired) electrons. The maximum atomic E-state index is 13.1. The van der Waals surface area contributed by atoms with Gasteiger partial charge in [0.2, 0.25) is 0 Å². The molecular formula is C19H18FN5O. The highest BCUT2D eigenvalue weighted by molar-refractivity contribution is 5.63. The molecule has 4 rings (SSSR count). The minimum atomic E-state index is -0.301. The minimum Gasteiger partial charge on any atom is -0.289 e. The normalized spacial score (nSPS) is 12.6. The molecule has 0 saturated carbocycles. The van der Waals surface area contributed by atoms with E-state index in [1.807, 2.05) is 24.6 Å². The van der Waals surface area contributed by atoms with Crippen molar-refractivity contribution >= 4 is 5.65 Å². The van der Waals surface area contributed by atoms with Crippen LogP contribution in [0.3, 0.4) is 0 Å². The summed E-state index contributed by atoms with van der Waals surface area (Å²) in [5.41, 5.74) is 3.64. The molecule has 0 aliphatic heterocycles. The van der Waals surface area contributed by atoms with Crippen LogP contribution < -0.4 is 5.56 Å². The highest BCUT2D eigenvalue weighted by Crippen LogP contribution is 2.20. The van der Waals surface area contributed by atoms with Gasteiger partial charge in [0.25, 0.3) is 5.56 Å². The average molecular weight is 351 g/mol. The number of nitrogens with one attached hydrogen (secondary N) is 1. The van der Waals surface area contributed by atoms with Gasteiger partial charge in [0.15, 0.2) is 5.65 Å². The van der Waals surface area contributed by atoms with E-state index < -0.39 is 0 Å². The van der Waals surface area contributed by atoms with Crippen molar-refractivity contribution in [1.82, 2.24) is 24.4 Å². The zero-order valence-corrected chi connectivity index (χ0v) is 14.5. The molecule has 26 heavy (non-hydrogen) atoms. The van der Waals surface area contributed by atoms with Crippen molar-refractivity contribution in [3.05, 3.63) is 76.2 Å². The molecule has 0 bridgehead atoms. The fourth-order valence-electron chi connectivity index (χ4n) is 2.98. The predicted octanol–water partition coefficient (Wildman–Crippen LogP) is 3.14. The van der Waals surface area contributed by atoms with Crippen molar-refractivity contribution in [1.29, 1.82) is 0 Å². The Morgan fingerprint density at radius 1 is 1.19 bits per heavy atom. The van der Waals surface area contributed by atoms with Crippen LogP contribution in [0, 0.1) is 12.7 Å². The lowest BCUT2D eigenvalue weighted by Gasteiger charge is -2.12. The van der Waals surface area contributed by atoms with Crippen molar-refractivity contribution in [2.45, 2.75) is 26.3 Å². The number of fused-ring (bicyclic) bond motifs is 1. The van der Waals surface area contributed by atoms with E-state index >= 15 is 0 Å². The molecule has 0 aliphatic rings. The largest absolute Gasteiger partial charge is 0.289 e. The number of hydrogen-bond donors (Lipinski definition) is 1. The van der Waals surface area contributed by atoms with Crippen LogP contribution in [0.2, 0.25) is 0 Å². The topological polar surface area (TPSA) is 68.0 Å². The molecule has 0 amide bonds. The average Bonchev–Trinajstić information content (AvgIpc) is 3.22. The number of H-pyrrole nitrogens is 1. The molecule has 7 heteroatoms. The van der Waals surface area contributed by atoms with Gasteiger partial charge >= 0.3 is 0 Å². The number of aromatic amines is 1. The van der Waals surface area contributed by atoms with E-state index in [1.165, 1.54) is 16.6 Å². The zero-order chi connectivity index (χ0) is 18.3. The Kier molecular flexibility index (Phi) is 3.91. The summed E-state index contributed by atoms with van der Waals surface area (Å²) < 4.78 is 16.4. The van der Waals surface area contributed by atoms with Crippen LogP contribution in [0.25, 0.3) is 16.9 Å². The zero-order valence-electron chi connectivity index (χ0n) is 14.5. The molecule has 3 aromatic heterocycles. The van der Waals surface area contributed by atoms with Crippen LogP contribution in [0.5, 0.6) is 0 Å². The number of nitrogens with zero attached hydrogens (tertiary/aromatic N) is 4. The number of aryl methyl sites for hydroxylation is 1. The van der Waals surface area contributed by atoms with E-state index in [4.69, 9.17) is 0 Å². The van der Waals surface area contributed by atoms with E-state index in [0.29, 0.717) is 17.9 Å². The molecule has 0 unspecified atom stereocenters. The van der Waals surface area contributed by atoms with Crippen LogP contribution in [-0.2, 0) is 6.54 Å². The van der Waals surface area contributed by atoms with Gasteiger partial charge in [0.05, 0.1) is 11.4 Å². The number of benzene rings is 1. The Bertz CT molecular complexity index is 1120. The van der Waals surface area contributed by atoms with Crippen molar-refractivity contribution < 1.29 is 4.39 Å². The molecule has 3 heterocycles. The lowest BCUT2D eigenvalue weighted by molar-refractivity contribution is 0.523. The smallest absolute Gasteiger partial charge is 0.272 e. The summed E-state index contributed by atoms with van der Waals surface area (Å²) >= 11 is 0. The Hall–Kier alpha value is -3.22. The van der Waals surface area contributed by atoms with Crippen molar-refractivity contribution in [3.63, 3.8) is 0 Å². The summed E-state index contributed by atoms with van der Waals surface area (Å²) in [7, 11) is 0. The third-order valence-electron chi connectivity index (χ3n) is 4.51. The molecule has 132 valence electrons. The van der Waals surface area contributed by atoms with Crippen LogP contribution in [0.4, 0.5) is 4.39 Å². The third kappa shape index (κ3) is 2.92. The van der Waals surface area contributed by atoms with Gasteiger partial charge in [-0.25, -0.2) is 13.9 Å². The van der Waals surface area contributed by atoms with E-state index in [2.05, 4.69) is 15.2 Å². The standard InChI is InChI=1S/C19H18FN5O/c1-12(11-24-13(2)7-8-21-24)16-10-19(26)25-18(22-16)9-17(23-25)14-3-5-15(20)6-4-14/h3-10,12,23H,11H2,1-2H3/t12-/m1/s1. The molecule has 0 fully saturated rings. The highest BCUT2D eigenvalue weighted by Gasteiger charge is 2.14. The van der Waals surface area contributed by atoms with Gasteiger partial charge in [0, 0.05) is 36.5 Å². The van der Waals surface area contributed by atoms with Crippen molar-refractivity contribution in [2.75, 3.05) is 0 Å². The van der Waals surface area contributed by atoms with E-state index in [0.717, 1.165) is 17.0 Å². The fraction of sp³-hybridized carbons (Fsp3) is 0.211. The molecule has 0 spiro atoms. The number of hydrogen-bond acceptors (Lipinski definition) is 3. The number of halogens is 1. The van der Waals surface area contributed by atoms with Gasteiger partial charge in [-0.15, -0.1) is 0 Å². The lowest BCUT2D eigenvalue weighted by atomic mass is 10.1. The van der Waals surface area contributed by atoms with Gasteiger partial charge in [-0.05, 0) is 42.8 Å². The molecule has 4 aromatic rings. The Morgan fingerprint density at radius 2 is 1.96 bits per heavy atom. The molecule has 0 saturated heterocycles. The van der Waals surface area contributed by atoms with Crippen molar-refractivity contribution in [3.8, 4) is 11.3 Å². The second-order valence-corrected chi connectivity index (χ2v) is 6.45. The van der Waals surface area contributed by atoms with Gasteiger partial charge in [-0.2, -0.15) is 5.10 Å². The summed E-state index contributed by atoms with van der Waals surface area (Å²) in [6, 6.07) is 11.4. The molecule has 0 aliphatic carbocycles. The summed E-state index contributed by atoms with van der Waals surface area (Å²) in [4.78, 5) is 17.1. The van der Waals surface area contributed by atoms with Gasteiger partial charge in [-0.1, -0.05) is 6.92 Å². The number of rotatable bonds is 4. The van der Waals surface area contributed by atoms with Crippen molar-refractivity contribution in [2.24, 2.45) is 0 Å². The molecular weight excluding hydrogens is 333 g/mol. The molecule has 1 aromatic carbocycles. The summed E-state index contributed by atoms with van der Waals surface area (Å²) in [6.07, 6.45) is 1.76. The van der Waals surface area contributed by atoms with E-state index in [1.54, 1.807) is 30.5 Å². The first kappa shape index (κ1) is 16.3. The monoisotopic (exact) mass is 351 g/mol. The summed E-state index contributed by atoms with van der Waals surface area (Å²) in [5.74, 6) is -0.263. The van der Waals surface area contributed by atoms with Gasteiger partial charge < -0.3 is 0 Å². The molecule has 6 nitrogen and oxygen atoms in total.